The van der Waals surface area contributed by atoms with Gasteiger partial charge in [0.2, 0.25) is 0 Å². The van der Waals surface area contributed by atoms with Crippen LogP contribution < -0.4 is 5.32 Å². The van der Waals surface area contributed by atoms with Gasteiger partial charge in [-0.15, -0.1) is 11.3 Å². The lowest BCUT2D eigenvalue weighted by Gasteiger charge is -2.08. The predicted molar refractivity (Wildman–Crippen MR) is 84.8 cm³/mol. The number of hydrogen-bond donors (Lipinski definition) is 1. The van der Waals surface area contributed by atoms with Crippen LogP contribution in [0.5, 0.6) is 0 Å². The van der Waals surface area contributed by atoms with Crippen LogP contribution in [0.3, 0.4) is 0 Å². The summed E-state index contributed by atoms with van der Waals surface area (Å²) in [6.45, 7) is 9.72. The minimum Gasteiger partial charge on any atom is -0.310 e. The van der Waals surface area contributed by atoms with E-state index in [9.17, 15) is 0 Å². The van der Waals surface area contributed by atoms with Crippen molar-refractivity contribution in [2.75, 3.05) is 0 Å². The van der Waals surface area contributed by atoms with Crippen molar-refractivity contribution < 1.29 is 0 Å². The molecule has 0 radical (unpaired) electrons. The number of thiazole rings is 1. The Balaban J connectivity index is 2.26. The fourth-order valence-corrected chi connectivity index (χ4v) is 3.03. The number of hydrogen-bond acceptors (Lipinski definition) is 4. The molecule has 2 aromatic rings. The molecule has 110 valence electrons. The second kappa shape index (κ2) is 6.50. The third-order valence-corrected chi connectivity index (χ3v) is 4.15. The summed E-state index contributed by atoms with van der Waals surface area (Å²) in [7, 11) is 1.94. The summed E-state index contributed by atoms with van der Waals surface area (Å²) in [5, 5.41) is 8.81. The quantitative estimate of drug-likeness (QED) is 0.889. The Labute approximate surface area is 125 Å². The van der Waals surface area contributed by atoms with Gasteiger partial charge in [-0.25, -0.2) is 4.98 Å². The molecule has 0 atom stereocenters. The van der Waals surface area contributed by atoms with Crippen molar-refractivity contribution in [3.8, 4) is 10.6 Å². The van der Waals surface area contributed by atoms with Crippen molar-refractivity contribution in [1.29, 1.82) is 0 Å². The minimum atomic E-state index is 0.492. The van der Waals surface area contributed by atoms with Gasteiger partial charge in [0, 0.05) is 36.3 Å². The van der Waals surface area contributed by atoms with E-state index in [4.69, 9.17) is 4.98 Å². The van der Waals surface area contributed by atoms with Crippen LogP contribution in [-0.4, -0.2) is 20.8 Å². The van der Waals surface area contributed by atoms with Crippen molar-refractivity contribution in [1.82, 2.24) is 20.1 Å². The first-order chi connectivity index (χ1) is 9.45. The number of aryl methyl sites for hydroxylation is 1. The van der Waals surface area contributed by atoms with E-state index < -0.39 is 0 Å². The van der Waals surface area contributed by atoms with E-state index in [2.05, 4.69) is 38.1 Å². The SMILES string of the molecule is CC(C)Cc1nc(-c2cnn(C)c2)sc1CNC(C)C. The van der Waals surface area contributed by atoms with Crippen LogP contribution in [0.15, 0.2) is 12.4 Å². The molecule has 0 aliphatic carbocycles. The standard InChI is InChI=1S/C15H24N4S/c1-10(2)6-13-14(8-16-11(3)4)20-15(18-13)12-7-17-19(5)9-12/h7,9-11,16H,6,8H2,1-5H3. The monoisotopic (exact) mass is 292 g/mol. The van der Waals surface area contributed by atoms with Gasteiger partial charge >= 0.3 is 0 Å². The van der Waals surface area contributed by atoms with Gasteiger partial charge in [0.1, 0.15) is 5.01 Å². The molecule has 0 aliphatic rings. The highest BCUT2D eigenvalue weighted by Gasteiger charge is 2.14. The summed E-state index contributed by atoms with van der Waals surface area (Å²) in [4.78, 5) is 6.19. The Hall–Kier alpha value is -1.20. The number of nitrogens with zero attached hydrogens (tertiary/aromatic N) is 3. The second-order valence-corrected chi connectivity index (χ2v) is 7.01. The molecule has 2 aromatic heterocycles. The topological polar surface area (TPSA) is 42.7 Å². The molecule has 2 heterocycles. The summed E-state index contributed by atoms with van der Waals surface area (Å²) >= 11 is 1.78. The van der Waals surface area contributed by atoms with Gasteiger partial charge in [-0.1, -0.05) is 27.7 Å². The number of aromatic nitrogens is 3. The summed E-state index contributed by atoms with van der Waals surface area (Å²) in [6, 6.07) is 0.492. The van der Waals surface area contributed by atoms with Crippen LogP contribution in [0.2, 0.25) is 0 Å². The van der Waals surface area contributed by atoms with Crippen molar-refractivity contribution in [3.63, 3.8) is 0 Å². The Bertz CT molecular complexity index is 554. The lowest BCUT2D eigenvalue weighted by molar-refractivity contribution is 0.581. The first-order valence-electron chi connectivity index (χ1n) is 7.16. The van der Waals surface area contributed by atoms with Gasteiger partial charge in [-0.2, -0.15) is 5.10 Å². The molecular formula is C15H24N4S. The molecule has 0 spiro atoms. The van der Waals surface area contributed by atoms with Crippen LogP contribution >= 0.6 is 11.3 Å². The van der Waals surface area contributed by atoms with Crippen molar-refractivity contribution in [3.05, 3.63) is 23.0 Å². The van der Waals surface area contributed by atoms with E-state index in [1.54, 1.807) is 11.3 Å². The first kappa shape index (κ1) is 15.2. The molecule has 2 rings (SSSR count). The lowest BCUT2D eigenvalue weighted by atomic mass is 10.1. The number of nitrogens with one attached hydrogen (secondary N) is 1. The van der Waals surface area contributed by atoms with Crippen LogP contribution in [-0.2, 0) is 20.0 Å². The zero-order valence-corrected chi connectivity index (χ0v) is 13.8. The van der Waals surface area contributed by atoms with Crippen LogP contribution in [0, 0.1) is 5.92 Å². The average Bonchev–Trinajstić information content (AvgIpc) is 2.92. The molecule has 4 nitrogen and oxygen atoms in total. The lowest BCUT2D eigenvalue weighted by Crippen LogP contribution is -2.22. The minimum absolute atomic E-state index is 0.492. The highest BCUT2D eigenvalue weighted by atomic mass is 32.1. The molecule has 0 fully saturated rings. The van der Waals surface area contributed by atoms with Crippen LogP contribution in [0.1, 0.15) is 38.3 Å². The molecule has 0 aromatic carbocycles. The molecule has 20 heavy (non-hydrogen) atoms. The zero-order valence-electron chi connectivity index (χ0n) is 13.0. The van der Waals surface area contributed by atoms with Gasteiger partial charge in [0.25, 0.3) is 0 Å². The van der Waals surface area contributed by atoms with E-state index in [1.165, 1.54) is 10.6 Å². The fourth-order valence-electron chi connectivity index (χ4n) is 2.02. The smallest absolute Gasteiger partial charge is 0.127 e. The zero-order chi connectivity index (χ0) is 14.7. The summed E-state index contributed by atoms with van der Waals surface area (Å²) in [5.41, 5.74) is 2.34. The normalized spacial score (nSPS) is 11.8. The maximum absolute atomic E-state index is 4.84. The fraction of sp³-hybridized carbons (Fsp3) is 0.600. The predicted octanol–water partition coefficient (Wildman–Crippen LogP) is 3.24. The van der Waals surface area contributed by atoms with Crippen LogP contribution in [0.4, 0.5) is 0 Å². The van der Waals surface area contributed by atoms with E-state index in [0.717, 1.165) is 23.5 Å². The largest absolute Gasteiger partial charge is 0.310 e. The average molecular weight is 292 g/mol. The maximum atomic E-state index is 4.84. The molecule has 5 heteroatoms. The summed E-state index contributed by atoms with van der Waals surface area (Å²) in [5.74, 6) is 0.622. The number of rotatable bonds is 6. The van der Waals surface area contributed by atoms with Gasteiger partial charge in [0.05, 0.1) is 11.9 Å². The van der Waals surface area contributed by atoms with Gasteiger partial charge in [-0.3, -0.25) is 4.68 Å². The molecule has 0 unspecified atom stereocenters. The van der Waals surface area contributed by atoms with Gasteiger partial charge in [0.15, 0.2) is 0 Å². The van der Waals surface area contributed by atoms with E-state index in [-0.39, 0.29) is 0 Å². The van der Waals surface area contributed by atoms with Crippen molar-refractivity contribution >= 4 is 11.3 Å². The molecule has 0 saturated heterocycles. The maximum Gasteiger partial charge on any atom is 0.127 e. The Morgan fingerprint density at radius 1 is 1.30 bits per heavy atom. The third kappa shape index (κ3) is 3.90. The molecule has 1 N–H and O–H groups in total. The van der Waals surface area contributed by atoms with Gasteiger partial charge < -0.3 is 5.32 Å². The Morgan fingerprint density at radius 2 is 2.05 bits per heavy atom. The third-order valence-electron chi connectivity index (χ3n) is 3.00. The van der Waals surface area contributed by atoms with E-state index >= 15 is 0 Å². The second-order valence-electron chi connectivity index (χ2n) is 5.93. The summed E-state index contributed by atoms with van der Waals surface area (Å²) in [6.07, 6.45) is 4.95. The van der Waals surface area contributed by atoms with Crippen molar-refractivity contribution in [2.24, 2.45) is 13.0 Å². The van der Waals surface area contributed by atoms with E-state index in [0.29, 0.717) is 12.0 Å². The van der Waals surface area contributed by atoms with Crippen LogP contribution in [0.25, 0.3) is 10.6 Å². The molecule has 0 amide bonds. The molecule has 0 bridgehead atoms. The highest BCUT2D eigenvalue weighted by molar-refractivity contribution is 7.15. The molecule has 0 aliphatic heterocycles. The molecular weight excluding hydrogens is 268 g/mol. The highest BCUT2D eigenvalue weighted by Crippen LogP contribution is 2.29. The van der Waals surface area contributed by atoms with Crippen molar-refractivity contribution in [2.45, 2.75) is 46.7 Å². The Morgan fingerprint density at radius 3 is 2.60 bits per heavy atom. The molecule has 0 saturated carbocycles. The van der Waals surface area contributed by atoms with Gasteiger partial charge in [-0.05, 0) is 12.3 Å². The first-order valence-corrected chi connectivity index (χ1v) is 7.98. The summed E-state index contributed by atoms with van der Waals surface area (Å²) < 4.78 is 1.82. The Kier molecular flexibility index (Phi) is 4.94. The van der Waals surface area contributed by atoms with E-state index in [1.807, 2.05) is 24.1 Å².